The molecule has 2 saturated heterocycles. The lowest BCUT2D eigenvalue weighted by Gasteiger charge is -2.39. The molecule has 4 heteroatoms. The van der Waals surface area contributed by atoms with Crippen LogP contribution in [0.1, 0.15) is 39.0 Å². The van der Waals surface area contributed by atoms with Crippen LogP contribution in [-0.2, 0) is 4.79 Å². The van der Waals surface area contributed by atoms with E-state index in [9.17, 15) is 4.79 Å². The molecule has 0 aromatic carbocycles. The molecule has 0 spiro atoms. The van der Waals surface area contributed by atoms with Gasteiger partial charge in [-0.2, -0.15) is 0 Å². The summed E-state index contributed by atoms with van der Waals surface area (Å²) in [6.45, 7) is 6.72. The molecule has 2 rings (SSSR count). The zero-order valence-electron chi connectivity index (χ0n) is 11.6. The van der Waals surface area contributed by atoms with E-state index in [-0.39, 0.29) is 12.5 Å². The first-order valence-electron chi connectivity index (χ1n) is 7.42. The number of piperidine rings is 2. The van der Waals surface area contributed by atoms with Crippen molar-refractivity contribution in [2.45, 2.75) is 45.1 Å². The van der Waals surface area contributed by atoms with Gasteiger partial charge in [-0.05, 0) is 45.1 Å². The van der Waals surface area contributed by atoms with E-state index in [1.54, 1.807) is 0 Å². The number of amides is 1. The van der Waals surface area contributed by atoms with Crippen LogP contribution in [-0.4, -0.2) is 54.5 Å². The Labute approximate surface area is 110 Å². The number of nitrogens with two attached hydrogens (primary N) is 1. The molecule has 2 N–H and O–H groups in total. The molecule has 2 aliphatic heterocycles. The highest BCUT2D eigenvalue weighted by molar-refractivity contribution is 5.78. The molecule has 4 nitrogen and oxygen atoms in total. The third-order valence-corrected chi connectivity index (χ3v) is 4.48. The Morgan fingerprint density at radius 1 is 1.22 bits per heavy atom. The Kier molecular flexibility index (Phi) is 5.01. The lowest BCUT2D eigenvalue weighted by Crippen LogP contribution is -2.48. The highest BCUT2D eigenvalue weighted by Crippen LogP contribution is 2.22. The Hall–Kier alpha value is -0.610. The van der Waals surface area contributed by atoms with Crippen LogP contribution in [0.5, 0.6) is 0 Å². The van der Waals surface area contributed by atoms with Crippen LogP contribution in [0.2, 0.25) is 0 Å². The zero-order valence-corrected chi connectivity index (χ0v) is 11.6. The average Bonchev–Trinajstić information content (AvgIpc) is 2.41. The van der Waals surface area contributed by atoms with E-state index in [1.807, 2.05) is 4.90 Å². The summed E-state index contributed by atoms with van der Waals surface area (Å²) in [6.07, 6.45) is 6.44. The van der Waals surface area contributed by atoms with Gasteiger partial charge >= 0.3 is 0 Å². The smallest absolute Gasteiger partial charge is 0.236 e. The summed E-state index contributed by atoms with van der Waals surface area (Å²) >= 11 is 0. The van der Waals surface area contributed by atoms with Crippen LogP contribution in [0, 0.1) is 5.92 Å². The summed E-state index contributed by atoms with van der Waals surface area (Å²) < 4.78 is 0. The van der Waals surface area contributed by atoms with Crippen LogP contribution < -0.4 is 5.73 Å². The van der Waals surface area contributed by atoms with Crippen LogP contribution in [0.3, 0.4) is 0 Å². The highest BCUT2D eigenvalue weighted by Gasteiger charge is 2.26. The Morgan fingerprint density at radius 2 is 2.06 bits per heavy atom. The third kappa shape index (κ3) is 3.45. The van der Waals surface area contributed by atoms with Crippen LogP contribution in [0.15, 0.2) is 0 Å². The maximum atomic E-state index is 11.7. The van der Waals surface area contributed by atoms with Crippen LogP contribution in [0.25, 0.3) is 0 Å². The maximum Gasteiger partial charge on any atom is 0.236 e. The SMILES string of the molecule is CC1CCCCN1CC1CCCN(C(=O)CN)C1. The van der Waals surface area contributed by atoms with E-state index >= 15 is 0 Å². The van der Waals surface area contributed by atoms with Crippen molar-refractivity contribution in [3.8, 4) is 0 Å². The molecule has 2 atom stereocenters. The molecule has 2 heterocycles. The minimum atomic E-state index is 0.117. The number of hydrogen-bond donors (Lipinski definition) is 1. The number of carbonyl (C=O) groups excluding carboxylic acids is 1. The summed E-state index contributed by atoms with van der Waals surface area (Å²) in [5.41, 5.74) is 5.45. The largest absolute Gasteiger partial charge is 0.341 e. The fourth-order valence-electron chi connectivity index (χ4n) is 3.33. The normalized spacial score (nSPS) is 30.4. The van der Waals surface area contributed by atoms with Crippen molar-refractivity contribution in [2.75, 3.05) is 32.7 Å². The summed E-state index contributed by atoms with van der Waals surface area (Å²) in [6, 6.07) is 0.722. The summed E-state index contributed by atoms with van der Waals surface area (Å²) in [5.74, 6) is 0.765. The molecule has 0 bridgehead atoms. The van der Waals surface area contributed by atoms with E-state index < -0.39 is 0 Å². The quantitative estimate of drug-likeness (QED) is 0.818. The van der Waals surface area contributed by atoms with E-state index in [0.717, 1.165) is 32.1 Å². The van der Waals surface area contributed by atoms with Crippen molar-refractivity contribution in [1.29, 1.82) is 0 Å². The number of nitrogens with zero attached hydrogens (tertiary/aromatic N) is 2. The molecule has 104 valence electrons. The van der Waals surface area contributed by atoms with E-state index in [1.165, 1.54) is 32.2 Å². The second-order valence-corrected chi connectivity index (χ2v) is 5.89. The Morgan fingerprint density at radius 3 is 2.78 bits per heavy atom. The minimum absolute atomic E-state index is 0.117. The lowest BCUT2D eigenvalue weighted by molar-refractivity contribution is -0.131. The molecular weight excluding hydrogens is 226 g/mol. The number of carbonyl (C=O) groups is 1. The topological polar surface area (TPSA) is 49.6 Å². The highest BCUT2D eigenvalue weighted by atomic mass is 16.2. The molecule has 0 radical (unpaired) electrons. The van der Waals surface area contributed by atoms with Gasteiger partial charge in [-0.3, -0.25) is 4.79 Å². The van der Waals surface area contributed by atoms with Gasteiger partial charge in [0.1, 0.15) is 0 Å². The molecule has 2 fully saturated rings. The summed E-state index contributed by atoms with van der Waals surface area (Å²) in [5, 5.41) is 0. The number of likely N-dealkylation sites (tertiary alicyclic amines) is 2. The van der Waals surface area contributed by atoms with Gasteiger partial charge < -0.3 is 15.5 Å². The van der Waals surface area contributed by atoms with E-state index in [4.69, 9.17) is 5.73 Å². The first kappa shape index (κ1) is 13.8. The van der Waals surface area contributed by atoms with Gasteiger partial charge in [0.15, 0.2) is 0 Å². The molecule has 0 aromatic rings. The van der Waals surface area contributed by atoms with Gasteiger partial charge in [-0.1, -0.05) is 6.42 Å². The summed E-state index contributed by atoms with van der Waals surface area (Å²) in [7, 11) is 0. The molecule has 2 aliphatic rings. The maximum absolute atomic E-state index is 11.7. The molecule has 2 unspecified atom stereocenters. The Bertz CT molecular complexity index is 282. The van der Waals surface area contributed by atoms with Gasteiger partial charge in [0.2, 0.25) is 5.91 Å². The minimum Gasteiger partial charge on any atom is -0.341 e. The van der Waals surface area contributed by atoms with Crippen molar-refractivity contribution < 1.29 is 4.79 Å². The average molecular weight is 253 g/mol. The summed E-state index contributed by atoms with van der Waals surface area (Å²) in [4.78, 5) is 16.2. The van der Waals surface area contributed by atoms with Crippen molar-refractivity contribution in [3.05, 3.63) is 0 Å². The van der Waals surface area contributed by atoms with Gasteiger partial charge in [0.05, 0.1) is 6.54 Å². The van der Waals surface area contributed by atoms with E-state index in [2.05, 4.69) is 11.8 Å². The van der Waals surface area contributed by atoms with Crippen molar-refractivity contribution >= 4 is 5.91 Å². The predicted octanol–water partition coefficient (Wildman–Crippen LogP) is 1.06. The van der Waals surface area contributed by atoms with E-state index in [0.29, 0.717) is 5.92 Å². The Balaban J connectivity index is 1.83. The third-order valence-electron chi connectivity index (χ3n) is 4.48. The standard InChI is InChI=1S/C14H27N3O/c1-12-5-2-3-7-16(12)10-13-6-4-8-17(11-13)14(18)9-15/h12-13H,2-11,15H2,1H3. The molecule has 1 amide bonds. The van der Waals surface area contributed by atoms with Gasteiger partial charge in [0.25, 0.3) is 0 Å². The van der Waals surface area contributed by atoms with Crippen molar-refractivity contribution in [3.63, 3.8) is 0 Å². The van der Waals surface area contributed by atoms with Crippen LogP contribution >= 0.6 is 0 Å². The molecule has 0 saturated carbocycles. The fourth-order valence-corrected chi connectivity index (χ4v) is 3.33. The first-order chi connectivity index (χ1) is 8.70. The second-order valence-electron chi connectivity index (χ2n) is 5.89. The molecule has 18 heavy (non-hydrogen) atoms. The monoisotopic (exact) mass is 253 g/mol. The molecular formula is C14H27N3O. The fraction of sp³-hybridized carbons (Fsp3) is 0.929. The van der Waals surface area contributed by atoms with Crippen molar-refractivity contribution in [2.24, 2.45) is 11.7 Å². The van der Waals surface area contributed by atoms with Gasteiger partial charge in [-0.25, -0.2) is 0 Å². The number of rotatable bonds is 3. The zero-order chi connectivity index (χ0) is 13.0. The van der Waals surface area contributed by atoms with Gasteiger partial charge in [-0.15, -0.1) is 0 Å². The molecule has 0 aromatic heterocycles. The van der Waals surface area contributed by atoms with Gasteiger partial charge in [0, 0.05) is 25.7 Å². The lowest BCUT2D eigenvalue weighted by atomic mass is 9.94. The number of hydrogen-bond acceptors (Lipinski definition) is 3. The second kappa shape index (κ2) is 6.53. The van der Waals surface area contributed by atoms with Crippen LogP contribution in [0.4, 0.5) is 0 Å². The van der Waals surface area contributed by atoms with Crippen molar-refractivity contribution in [1.82, 2.24) is 9.80 Å². The molecule has 0 aliphatic carbocycles. The first-order valence-corrected chi connectivity index (χ1v) is 7.42. The predicted molar refractivity (Wildman–Crippen MR) is 73.2 cm³/mol.